The molecule has 0 aliphatic rings. The molecule has 4 N–H and O–H groups in total. The van der Waals surface area contributed by atoms with Crippen molar-refractivity contribution in [2.45, 2.75) is 109 Å². The minimum atomic E-state index is -0.743. The van der Waals surface area contributed by atoms with Crippen molar-refractivity contribution in [2.24, 2.45) is 11.8 Å². The van der Waals surface area contributed by atoms with Gasteiger partial charge in [0.25, 0.3) is 0 Å². The molecule has 0 aromatic heterocycles. The van der Waals surface area contributed by atoms with Crippen LogP contribution in [0, 0.1) is 11.8 Å². The second-order valence-electron chi connectivity index (χ2n) is 7.75. The summed E-state index contributed by atoms with van der Waals surface area (Å²) in [7, 11) is 0. The number of aldehydes is 1. The summed E-state index contributed by atoms with van der Waals surface area (Å²) in [5.74, 6) is 0.226. The largest absolute Gasteiger partial charge is 0.393 e. The quantitative estimate of drug-likeness (QED) is 0.251. The van der Waals surface area contributed by atoms with Gasteiger partial charge < -0.3 is 25.2 Å². The average molecular weight is 361 g/mol. The Labute approximate surface area is 153 Å². The van der Waals surface area contributed by atoms with Gasteiger partial charge in [-0.1, -0.05) is 46.5 Å². The fraction of sp³-hybridized carbons (Fsp3) is 0.950. The Kier molecular flexibility index (Phi) is 14.4. The summed E-state index contributed by atoms with van der Waals surface area (Å²) in [5, 5.41) is 40.0. The molecule has 0 aliphatic heterocycles. The zero-order valence-electron chi connectivity index (χ0n) is 16.3. The first-order chi connectivity index (χ1) is 11.8. The fourth-order valence-corrected chi connectivity index (χ4v) is 3.30. The van der Waals surface area contributed by atoms with Crippen molar-refractivity contribution in [3.8, 4) is 0 Å². The Hall–Kier alpha value is -0.490. The molecule has 0 rings (SSSR count). The third-order valence-electron chi connectivity index (χ3n) is 5.00. The number of aliphatic hydroxyl groups excluding tert-OH is 4. The smallest absolute Gasteiger partial charge is 0.122 e. The monoisotopic (exact) mass is 360 g/mol. The summed E-state index contributed by atoms with van der Waals surface area (Å²) >= 11 is 0. The van der Waals surface area contributed by atoms with Crippen LogP contribution in [0.4, 0.5) is 0 Å². The molecule has 6 unspecified atom stereocenters. The van der Waals surface area contributed by atoms with Crippen molar-refractivity contribution in [3.63, 3.8) is 0 Å². The molecule has 0 heterocycles. The second-order valence-corrected chi connectivity index (χ2v) is 7.75. The first-order valence-electron chi connectivity index (χ1n) is 9.97. The molecule has 25 heavy (non-hydrogen) atoms. The van der Waals surface area contributed by atoms with Crippen LogP contribution in [0.5, 0.6) is 0 Å². The maximum atomic E-state index is 10.3. The normalized spacial score (nSPS) is 19.0. The molecule has 0 amide bonds. The molecular formula is C20H40O5. The highest BCUT2D eigenvalue weighted by Gasteiger charge is 2.24. The highest BCUT2D eigenvalue weighted by atomic mass is 16.3. The van der Waals surface area contributed by atoms with Gasteiger partial charge in [-0.2, -0.15) is 0 Å². The Balaban J connectivity index is 3.94. The van der Waals surface area contributed by atoms with Crippen LogP contribution in [0.3, 0.4) is 0 Å². The number of hydrogen-bond acceptors (Lipinski definition) is 5. The summed E-state index contributed by atoms with van der Waals surface area (Å²) in [6.07, 6.45) is 5.45. The zero-order chi connectivity index (χ0) is 19.2. The van der Waals surface area contributed by atoms with Crippen LogP contribution in [0.25, 0.3) is 0 Å². The Bertz CT molecular complexity index is 323. The number of rotatable bonds is 16. The molecule has 0 aromatic carbocycles. The predicted molar refractivity (Wildman–Crippen MR) is 100 cm³/mol. The zero-order valence-corrected chi connectivity index (χ0v) is 16.3. The third kappa shape index (κ3) is 12.5. The summed E-state index contributed by atoms with van der Waals surface area (Å²) in [6.45, 7) is 6.08. The van der Waals surface area contributed by atoms with Crippen LogP contribution in [-0.4, -0.2) is 51.1 Å². The van der Waals surface area contributed by atoms with E-state index in [0.717, 1.165) is 38.4 Å². The highest BCUT2D eigenvalue weighted by Crippen LogP contribution is 2.22. The van der Waals surface area contributed by atoms with Crippen LogP contribution in [-0.2, 0) is 4.79 Å². The molecule has 0 spiro atoms. The minimum Gasteiger partial charge on any atom is -0.393 e. The molecule has 0 saturated carbocycles. The molecule has 150 valence electrons. The van der Waals surface area contributed by atoms with E-state index in [1.54, 1.807) is 0 Å². The Morgan fingerprint density at radius 2 is 1.44 bits per heavy atom. The Morgan fingerprint density at radius 1 is 0.840 bits per heavy atom. The molecule has 0 aliphatic carbocycles. The van der Waals surface area contributed by atoms with Gasteiger partial charge in [0.1, 0.15) is 6.29 Å². The van der Waals surface area contributed by atoms with Gasteiger partial charge in [0.05, 0.1) is 24.4 Å². The van der Waals surface area contributed by atoms with Crippen LogP contribution >= 0.6 is 0 Å². The summed E-state index contributed by atoms with van der Waals surface area (Å²) in [6, 6.07) is 0. The summed E-state index contributed by atoms with van der Waals surface area (Å²) < 4.78 is 0. The van der Waals surface area contributed by atoms with Crippen molar-refractivity contribution >= 4 is 6.29 Å². The minimum absolute atomic E-state index is 0.0878. The van der Waals surface area contributed by atoms with Crippen molar-refractivity contribution in [1.82, 2.24) is 0 Å². The number of hydrogen-bond donors (Lipinski definition) is 4. The topological polar surface area (TPSA) is 98.0 Å². The van der Waals surface area contributed by atoms with E-state index >= 15 is 0 Å². The average Bonchev–Trinajstić information content (AvgIpc) is 2.55. The van der Waals surface area contributed by atoms with Crippen molar-refractivity contribution in [1.29, 1.82) is 0 Å². The van der Waals surface area contributed by atoms with Gasteiger partial charge >= 0.3 is 0 Å². The summed E-state index contributed by atoms with van der Waals surface area (Å²) in [5.41, 5.74) is 0. The highest BCUT2D eigenvalue weighted by molar-refractivity contribution is 5.49. The lowest BCUT2D eigenvalue weighted by atomic mass is 9.88. The van der Waals surface area contributed by atoms with E-state index in [0.29, 0.717) is 25.7 Å². The molecule has 0 radical (unpaired) electrons. The van der Waals surface area contributed by atoms with E-state index in [1.807, 2.05) is 13.8 Å². The van der Waals surface area contributed by atoms with Gasteiger partial charge in [-0.05, 0) is 43.9 Å². The van der Waals surface area contributed by atoms with E-state index in [4.69, 9.17) is 0 Å². The van der Waals surface area contributed by atoms with Gasteiger partial charge in [-0.25, -0.2) is 0 Å². The van der Waals surface area contributed by atoms with Gasteiger partial charge in [-0.15, -0.1) is 0 Å². The first-order valence-corrected chi connectivity index (χ1v) is 9.97. The first kappa shape index (κ1) is 24.5. The van der Waals surface area contributed by atoms with Gasteiger partial charge in [0.15, 0.2) is 0 Å². The molecule has 5 nitrogen and oxygen atoms in total. The maximum Gasteiger partial charge on any atom is 0.122 e. The number of carbonyl (C=O) groups is 1. The lowest BCUT2D eigenvalue weighted by molar-refractivity contribution is -0.109. The lowest BCUT2D eigenvalue weighted by Gasteiger charge is -2.26. The van der Waals surface area contributed by atoms with Crippen molar-refractivity contribution in [2.75, 3.05) is 0 Å². The number of carbonyl (C=O) groups excluding carboxylic acids is 1. The molecule has 6 atom stereocenters. The lowest BCUT2D eigenvalue weighted by Crippen LogP contribution is -2.34. The van der Waals surface area contributed by atoms with E-state index in [9.17, 15) is 25.2 Å². The van der Waals surface area contributed by atoms with Crippen LogP contribution in [0.1, 0.15) is 85.0 Å². The van der Waals surface area contributed by atoms with Gasteiger partial charge in [0, 0.05) is 6.42 Å². The number of aliphatic hydroxyl groups is 4. The van der Waals surface area contributed by atoms with Crippen LogP contribution in [0.2, 0.25) is 0 Å². The molecule has 0 fully saturated rings. The van der Waals surface area contributed by atoms with Gasteiger partial charge in [-0.3, -0.25) is 0 Å². The predicted octanol–water partition coefficient (Wildman–Crippen LogP) is 2.82. The van der Waals surface area contributed by atoms with Crippen LogP contribution < -0.4 is 0 Å². The number of unbranched alkanes of at least 4 members (excludes halogenated alkanes) is 2. The van der Waals surface area contributed by atoms with Crippen molar-refractivity contribution < 1.29 is 25.2 Å². The van der Waals surface area contributed by atoms with E-state index in [-0.39, 0.29) is 18.3 Å². The third-order valence-corrected chi connectivity index (χ3v) is 5.00. The Morgan fingerprint density at radius 3 is 2.00 bits per heavy atom. The van der Waals surface area contributed by atoms with E-state index in [2.05, 4.69) is 6.92 Å². The van der Waals surface area contributed by atoms with Gasteiger partial charge in [0.2, 0.25) is 0 Å². The fourth-order valence-electron chi connectivity index (χ4n) is 3.30. The molecule has 0 bridgehead atoms. The SMILES string of the molecule is CCCCC(C)C(O)C(O)CC(C)CC(O)CCCCC(O)CC=O. The van der Waals surface area contributed by atoms with Crippen molar-refractivity contribution in [3.05, 3.63) is 0 Å². The summed E-state index contributed by atoms with van der Waals surface area (Å²) in [4.78, 5) is 10.3. The molecular weight excluding hydrogens is 320 g/mol. The molecule has 0 aromatic rings. The standard InChI is InChI=1S/C20H40O5/c1-4-5-8-16(3)20(25)19(24)14-15(2)13-18(23)10-7-6-9-17(22)11-12-21/h12,15-20,22-25H,4-11,13-14H2,1-3H3. The van der Waals surface area contributed by atoms with E-state index < -0.39 is 24.4 Å². The van der Waals surface area contributed by atoms with E-state index in [1.165, 1.54) is 0 Å². The van der Waals surface area contributed by atoms with Crippen LogP contribution in [0.15, 0.2) is 0 Å². The molecule has 5 heteroatoms. The molecule has 0 saturated heterocycles. The maximum absolute atomic E-state index is 10.3. The second kappa shape index (κ2) is 14.7.